The van der Waals surface area contributed by atoms with Crippen LogP contribution in [0.1, 0.15) is 16.8 Å². The van der Waals surface area contributed by atoms with E-state index in [1.54, 1.807) is 0 Å². The summed E-state index contributed by atoms with van der Waals surface area (Å²) in [5.74, 6) is 0.337. The van der Waals surface area contributed by atoms with Gasteiger partial charge in [0, 0.05) is 11.6 Å². The van der Waals surface area contributed by atoms with Gasteiger partial charge < -0.3 is 10.1 Å². The second kappa shape index (κ2) is 8.46. The summed E-state index contributed by atoms with van der Waals surface area (Å²) in [6.07, 6.45) is 0. The van der Waals surface area contributed by atoms with Crippen molar-refractivity contribution in [1.82, 2.24) is 19.9 Å². The van der Waals surface area contributed by atoms with Crippen molar-refractivity contribution in [2.45, 2.75) is 20.4 Å². The summed E-state index contributed by atoms with van der Waals surface area (Å²) in [5.41, 5.74) is 3.36. The van der Waals surface area contributed by atoms with Gasteiger partial charge in [-0.1, -0.05) is 52.8 Å². The fourth-order valence-electron chi connectivity index (χ4n) is 2.87. The Morgan fingerprint density at radius 3 is 2.67 bits per heavy atom. The van der Waals surface area contributed by atoms with Crippen LogP contribution in [0.2, 0.25) is 0 Å². The van der Waals surface area contributed by atoms with E-state index in [1.165, 1.54) is 21.9 Å². The van der Waals surface area contributed by atoms with Crippen LogP contribution >= 0.6 is 11.3 Å². The minimum atomic E-state index is -0.290. The third kappa shape index (κ3) is 4.55. The largest absolute Gasteiger partial charge is 0.484 e. The monoisotopic (exact) mass is 420 g/mol. The average molecular weight is 420 g/mol. The third-order valence-electron chi connectivity index (χ3n) is 4.42. The lowest BCUT2D eigenvalue weighted by Gasteiger charge is -2.07. The van der Waals surface area contributed by atoms with Gasteiger partial charge in [-0.15, -0.1) is 0 Å². The predicted octanol–water partition coefficient (Wildman–Crippen LogP) is 3.13. The number of hydrogen-bond donors (Lipinski definition) is 1. The molecule has 1 N–H and O–H groups in total. The first kappa shape index (κ1) is 19.8. The number of carbonyl (C=O) groups excluding carboxylic acids is 1. The topological polar surface area (TPSA) is 85.6 Å². The number of rotatable bonds is 6. The van der Waals surface area contributed by atoms with Crippen molar-refractivity contribution in [1.29, 1.82) is 0 Å². The quantitative estimate of drug-likeness (QED) is 0.518. The minimum absolute atomic E-state index is 0.109. The molecular weight excluding hydrogens is 400 g/mol. The highest BCUT2D eigenvalue weighted by molar-refractivity contribution is 7.19. The molecule has 0 radical (unpaired) electrons. The molecule has 4 aromatic rings. The Balaban J connectivity index is 1.43. The van der Waals surface area contributed by atoms with Gasteiger partial charge in [-0.3, -0.25) is 9.59 Å². The van der Waals surface area contributed by atoms with Crippen molar-refractivity contribution in [2.24, 2.45) is 0 Å². The van der Waals surface area contributed by atoms with Gasteiger partial charge >= 0.3 is 0 Å². The number of carbonyl (C=O) groups is 1. The molecule has 1 amide bonds. The molecule has 0 fully saturated rings. The second-order valence-corrected chi connectivity index (χ2v) is 7.89. The fraction of sp³-hybridized carbons (Fsp3) is 0.182. The van der Waals surface area contributed by atoms with Gasteiger partial charge in [-0.05, 0) is 32.0 Å². The molecule has 0 aliphatic carbocycles. The SMILES string of the molecule is Cc1ccc(OCC(=O)NCc2cc(=O)n3nc(-c4cccc(C)c4)sc3n2)cc1. The summed E-state index contributed by atoms with van der Waals surface area (Å²) in [6, 6.07) is 16.8. The van der Waals surface area contributed by atoms with Crippen LogP contribution < -0.4 is 15.6 Å². The average Bonchev–Trinajstić information content (AvgIpc) is 3.17. The molecule has 0 saturated carbocycles. The maximum absolute atomic E-state index is 12.4. The van der Waals surface area contributed by atoms with E-state index in [1.807, 2.05) is 62.4 Å². The Bertz CT molecular complexity index is 1260. The molecule has 0 saturated heterocycles. The zero-order valence-electron chi connectivity index (χ0n) is 16.6. The van der Waals surface area contributed by atoms with Crippen LogP contribution in [-0.4, -0.2) is 27.1 Å². The molecule has 0 aliphatic rings. The van der Waals surface area contributed by atoms with Crippen LogP contribution in [0.25, 0.3) is 15.5 Å². The van der Waals surface area contributed by atoms with Gasteiger partial charge in [0.1, 0.15) is 10.8 Å². The first-order valence-electron chi connectivity index (χ1n) is 9.41. The number of ether oxygens (including phenoxy) is 1. The van der Waals surface area contributed by atoms with Crippen molar-refractivity contribution < 1.29 is 9.53 Å². The van der Waals surface area contributed by atoms with Gasteiger partial charge in [-0.2, -0.15) is 9.61 Å². The van der Waals surface area contributed by atoms with E-state index in [4.69, 9.17) is 4.74 Å². The first-order chi connectivity index (χ1) is 14.5. The summed E-state index contributed by atoms with van der Waals surface area (Å²) in [6.45, 7) is 4.02. The molecule has 0 aliphatic heterocycles. The van der Waals surface area contributed by atoms with Crippen LogP contribution in [0.5, 0.6) is 5.75 Å². The van der Waals surface area contributed by atoms with Gasteiger partial charge in [0.15, 0.2) is 6.61 Å². The number of fused-ring (bicyclic) bond motifs is 1. The van der Waals surface area contributed by atoms with E-state index in [2.05, 4.69) is 15.4 Å². The fourth-order valence-corrected chi connectivity index (χ4v) is 3.79. The highest BCUT2D eigenvalue weighted by Crippen LogP contribution is 2.24. The number of nitrogens with one attached hydrogen (secondary N) is 1. The van der Waals surface area contributed by atoms with Gasteiger partial charge in [0.25, 0.3) is 11.5 Å². The Morgan fingerprint density at radius 2 is 1.90 bits per heavy atom. The molecule has 7 nitrogen and oxygen atoms in total. The first-order valence-corrected chi connectivity index (χ1v) is 10.2. The van der Waals surface area contributed by atoms with Crippen LogP contribution in [0.3, 0.4) is 0 Å². The maximum atomic E-state index is 12.4. The molecule has 2 aromatic heterocycles. The molecule has 0 unspecified atom stereocenters. The lowest BCUT2D eigenvalue weighted by Crippen LogP contribution is -2.29. The zero-order chi connectivity index (χ0) is 21.1. The number of benzene rings is 2. The lowest BCUT2D eigenvalue weighted by molar-refractivity contribution is -0.123. The van der Waals surface area contributed by atoms with Crippen molar-refractivity contribution in [3.8, 4) is 16.3 Å². The molecule has 152 valence electrons. The molecule has 30 heavy (non-hydrogen) atoms. The van der Waals surface area contributed by atoms with Crippen LogP contribution in [0.15, 0.2) is 59.4 Å². The number of aromatic nitrogens is 3. The van der Waals surface area contributed by atoms with Crippen molar-refractivity contribution in [3.05, 3.63) is 81.8 Å². The van der Waals surface area contributed by atoms with E-state index < -0.39 is 0 Å². The summed E-state index contributed by atoms with van der Waals surface area (Å²) in [5, 5.41) is 7.83. The van der Waals surface area contributed by atoms with Gasteiger partial charge in [0.05, 0.1) is 12.2 Å². The van der Waals surface area contributed by atoms with E-state index in [9.17, 15) is 9.59 Å². The highest BCUT2D eigenvalue weighted by Gasteiger charge is 2.11. The molecule has 0 spiro atoms. The van der Waals surface area contributed by atoms with Crippen LogP contribution in [0.4, 0.5) is 0 Å². The Morgan fingerprint density at radius 1 is 1.10 bits per heavy atom. The van der Waals surface area contributed by atoms with Gasteiger partial charge in [-0.25, -0.2) is 4.98 Å². The van der Waals surface area contributed by atoms with E-state index in [0.717, 1.165) is 21.7 Å². The van der Waals surface area contributed by atoms with Crippen molar-refractivity contribution >= 4 is 22.2 Å². The molecule has 0 atom stereocenters. The van der Waals surface area contributed by atoms with Crippen LogP contribution in [-0.2, 0) is 11.3 Å². The molecular formula is C22H20N4O3S. The number of hydrogen-bond acceptors (Lipinski definition) is 6. The molecule has 2 aromatic carbocycles. The van der Waals surface area contributed by atoms with E-state index >= 15 is 0 Å². The van der Waals surface area contributed by atoms with Crippen LogP contribution in [0, 0.1) is 13.8 Å². The Kier molecular flexibility index (Phi) is 5.58. The minimum Gasteiger partial charge on any atom is -0.484 e. The molecule has 0 bridgehead atoms. The normalized spacial score (nSPS) is 10.9. The maximum Gasteiger partial charge on any atom is 0.275 e. The predicted molar refractivity (Wildman–Crippen MR) is 116 cm³/mol. The number of aryl methyl sites for hydroxylation is 2. The summed E-state index contributed by atoms with van der Waals surface area (Å²) in [7, 11) is 0. The summed E-state index contributed by atoms with van der Waals surface area (Å²) >= 11 is 1.33. The van der Waals surface area contributed by atoms with E-state index in [0.29, 0.717) is 16.4 Å². The Hall–Kier alpha value is -3.52. The van der Waals surface area contributed by atoms with Crippen molar-refractivity contribution in [3.63, 3.8) is 0 Å². The third-order valence-corrected chi connectivity index (χ3v) is 5.38. The highest BCUT2D eigenvalue weighted by atomic mass is 32.1. The number of amides is 1. The zero-order valence-corrected chi connectivity index (χ0v) is 17.4. The second-order valence-electron chi connectivity index (χ2n) is 6.94. The number of nitrogens with zero attached hydrogens (tertiary/aromatic N) is 3. The summed E-state index contributed by atoms with van der Waals surface area (Å²) in [4.78, 5) is 29.4. The lowest BCUT2D eigenvalue weighted by atomic mass is 10.1. The van der Waals surface area contributed by atoms with E-state index in [-0.39, 0.29) is 24.6 Å². The smallest absolute Gasteiger partial charge is 0.275 e. The molecule has 4 rings (SSSR count). The van der Waals surface area contributed by atoms with Gasteiger partial charge in [0.2, 0.25) is 4.96 Å². The summed E-state index contributed by atoms with van der Waals surface area (Å²) < 4.78 is 6.75. The molecule has 2 heterocycles. The standard InChI is InChI=1S/C22H20N4O3S/c1-14-6-8-18(9-7-14)29-13-19(27)23-12-17-11-20(28)26-22(24-17)30-21(25-26)16-5-3-4-15(2)10-16/h3-11H,12-13H2,1-2H3,(H,23,27). The Labute approximate surface area is 177 Å². The van der Waals surface area contributed by atoms with Crippen molar-refractivity contribution in [2.75, 3.05) is 6.61 Å². The molecule has 8 heteroatoms.